The summed E-state index contributed by atoms with van der Waals surface area (Å²) < 4.78 is 18.8. The molecule has 1 aliphatic heterocycles. The molecule has 1 saturated heterocycles. The molecule has 0 aromatic heterocycles. The topological polar surface area (TPSA) is 125 Å². The Hall–Kier alpha value is -2.94. The lowest BCUT2D eigenvalue weighted by Crippen LogP contribution is -2.40. The van der Waals surface area contributed by atoms with E-state index in [2.05, 4.69) is 14.2 Å². The molecule has 0 aliphatic carbocycles. The van der Waals surface area contributed by atoms with Crippen LogP contribution in [0, 0.1) is 0 Å². The number of hydrogen-bond donors (Lipinski definition) is 1. The van der Waals surface area contributed by atoms with Crippen molar-refractivity contribution in [3.63, 3.8) is 0 Å². The Balaban J connectivity index is 0.000000309. The van der Waals surface area contributed by atoms with E-state index in [-0.39, 0.29) is 0 Å². The van der Waals surface area contributed by atoms with Gasteiger partial charge in [0.15, 0.2) is 18.3 Å². The van der Waals surface area contributed by atoms with Crippen molar-refractivity contribution in [3.05, 3.63) is 30.3 Å². The Bertz CT molecular complexity index is 649. The first-order valence-corrected chi connectivity index (χ1v) is 8.18. The molecule has 0 spiro atoms. The number of cyclic esters (lactones) is 2. The van der Waals surface area contributed by atoms with Gasteiger partial charge in [-0.3, -0.25) is 0 Å². The summed E-state index contributed by atoms with van der Waals surface area (Å²) in [7, 11) is 0. The second kappa shape index (κ2) is 10.3. The van der Waals surface area contributed by atoms with Crippen LogP contribution in [0.15, 0.2) is 30.3 Å². The predicted octanol–water partition coefficient (Wildman–Crippen LogP) is 0.768. The Labute approximate surface area is 156 Å². The summed E-state index contributed by atoms with van der Waals surface area (Å²) in [5.41, 5.74) is 0. The molecular formula is C18H22O9. The molecule has 1 aromatic carbocycles. The van der Waals surface area contributed by atoms with Crippen LogP contribution in [0.2, 0.25) is 0 Å². The van der Waals surface area contributed by atoms with E-state index in [1.165, 1.54) is 27.7 Å². The lowest BCUT2D eigenvalue weighted by atomic mass is 10.3. The fourth-order valence-electron chi connectivity index (χ4n) is 1.64. The highest BCUT2D eigenvalue weighted by Crippen LogP contribution is 2.10. The summed E-state index contributed by atoms with van der Waals surface area (Å²) >= 11 is 0. The van der Waals surface area contributed by atoms with Crippen molar-refractivity contribution in [2.75, 3.05) is 0 Å². The molecule has 0 bridgehead atoms. The van der Waals surface area contributed by atoms with Crippen LogP contribution in [-0.4, -0.2) is 53.4 Å². The molecule has 2 rings (SSSR count). The van der Waals surface area contributed by atoms with Crippen LogP contribution in [-0.2, 0) is 33.4 Å². The van der Waals surface area contributed by atoms with E-state index in [0.29, 0.717) is 5.75 Å². The third-order valence-corrected chi connectivity index (χ3v) is 3.18. The van der Waals surface area contributed by atoms with Crippen LogP contribution >= 0.6 is 0 Å². The average molecular weight is 382 g/mol. The van der Waals surface area contributed by atoms with E-state index in [1.54, 1.807) is 30.3 Å². The number of aliphatic hydroxyl groups excluding tert-OH is 1. The number of rotatable bonds is 4. The van der Waals surface area contributed by atoms with E-state index in [4.69, 9.17) is 9.84 Å². The average Bonchev–Trinajstić information content (AvgIpc) is 2.61. The number of para-hydroxylation sites is 1. The third-order valence-electron chi connectivity index (χ3n) is 3.18. The molecular weight excluding hydrogens is 360 g/mol. The van der Waals surface area contributed by atoms with Gasteiger partial charge in [0.1, 0.15) is 11.9 Å². The zero-order valence-corrected chi connectivity index (χ0v) is 15.4. The third kappa shape index (κ3) is 7.45. The number of benzene rings is 1. The number of carbonyl (C=O) groups excluding carboxylic acids is 4. The SMILES string of the molecule is CC(O)C(=O)OC(C)C(=O)Oc1ccccc1.CC1OC(=O)C(C)OC1=O. The van der Waals surface area contributed by atoms with Gasteiger partial charge in [0, 0.05) is 0 Å². The predicted molar refractivity (Wildman–Crippen MR) is 90.4 cm³/mol. The first kappa shape index (κ1) is 22.1. The molecule has 1 aromatic rings. The maximum atomic E-state index is 11.5. The first-order valence-electron chi connectivity index (χ1n) is 8.18. The van der Waals surface area contributed by atoms with Crippen molar-refractivity contribution in [1.29, 1.82) is 0 Å². The highest BCUT2D eigenvalue weighted by Gasteiger charge is 2.32. The van der Waals surface area contributed by atoms with Gasteiger partial charge in [-0.25, -0.2) is 19.2 Å². The van der Waals surface area contributed by atoms with Crippen LogP contribution < -0.4 is 4.74 Å². The Morgan fingerprint density at radius 2 is 1.44 bits per heavy atom. The summed E-state index contributed by atoms with van der Waals surface area (Å²) in [5, 5.41) is 8.91. The maximum absolute atomic E-state index is 11.5. The van der Waals surface area contributed by atoms with E-state index < -0.39 is 48.3 Å². The maximum Gasteiger partial charge on any atom is 0.352 e. The van der Waals surface area contributed by atoms with Crippen LogP contribution in [0.25, 0.3) is 0 Å². The van der Waals surface area contributed by atoms with E-state index in [0.717, 1.165) is 0 Å². The number of aliphatic hydroxyl groups is 1. The molecule has 4 unspecified atom stereocenters. The minimum atomic E-state index is -1.26. The van der Waals surface area contributed by atoms with E-state index in [9.17, 15) is 19.2 Å². The largest absolute Gasteiger partial charge is 0.449 e. The molecule has 1 heterocycles. The smallest absolute Gasteiger partial charge is 0.352 e. The van der Waals surface area contributed by atoms with Crippen molar-refractivity contribution < 1.29 is 43.2 Å². The summed E-state index contributed by atoms with van der Waals surface area (Å²) in [5.74, 6) is -2.13. The van der Waals surface area contributed by atoms with Gasteiger partial charge >= 0.3 is 23.9 Å². The lowest BCUT2D eigenvalue weighted by molar-refractivity contribution is -0.191. The van der Waals surface area contributed by atoms with Gasteiger partial charge in [-0.2, -0.15) is 0 Å². The number of carbonyl (C=O) groups is 4. The van der Waals surface area contributed by atoms with E-state index in [1.807, 2.05) is 0 Å². The van der Waals surface area contributed by atoms with E-state index >= 15 is 0 Å². The molecule has 9 heteroatoms. The van der Waals surface area contributed by atoms with Crippen LogP contribution in [0.4, 0.5) is 0 Å². The minimum absolute atomic E-state index is 0.373. The second-order valence-corrected chi connectivity index (χ2v) is 5.65. The fraction of sp³-hybridized carbons (Fsp3) is 0.444. The van der Waals surface area contributed by atoms with Gasteiger partial charge in [0.05, 0.1) is 0 Å². The lowest BCUT2D eigenvalue weighted by Gasteiger charge is -2.22. The number of esters is 4. The van der Waals surface area contributed by atoms with Gasteiger partial charge in [0.2, 0.25) is 0 Å². The Morgan fingerprint density at radius 1 is 0.963 bits per heavy atom. The van der Waals surface area contributed by atoms with Crippen molar-refractivity contribution in [1.82, 2.24) is 0 Å². The summed E-state index contributed by atoms with van der Waals surface area (Å²) in [6.07, 6.45) is -3.81. The van der Waals surface area contributed by atoms with Gasteiger partial charge in [-0.1, -0.05) is 18.2 Å². The molecule has 1 fully saturated rings. The molecule has 148 valence electrons. The van der Waals surface area contributed by atoms with Crippen LogP contribution in [0.1, 0.15) is 27.7 Å². The van der Waals surface area contributed by atoms with Crippen LogP contribution in [0.5, 0.6) is 5.75 Å². The Kier molecular flexibility index (Phi) is 8.40. The summed E-state index contributed by atoms with van der Waals surface area (Å²) in [4.78, 5) is 43.8. The molecule has 27 heavy (non-hydrogen) atoms. The molecule has 9 nitrogen and oxygen atoms in total. The van der Waals surface area contributed by atoms with Crippen molar-refractivity contribution >= 4 is 23.9 Å². The second-order valence-electron chi connectivity index (χ2n) is 5.65. The number of hydrogen-bond acceptors (Lipinski definition) is 9. The minimum Gasteiger partial charge on any atom is -0.449 e. The molecule has 1 aliphatic rings. The standard InChI is InChI=1S/C12H14O5.C6H8O4/c1-8(13)11(14)16-9(2)12(15)17-10-6-4-3-5-7-10;1-3-5(7)10-4(2)6(8)9-3/h3-9,13H,1-2H3;3-4H,1-2H3. The van der Waals surface area contributed by atoms with Gasteiger partial charge in [-0.05, 0) is 39.8 Å². The highest BCUT2D eigenvalue weighted by atomic mass is 16.6. The fourth-order valence-corrected chi connectivity index (χ4v) is 1.64. The molecule has 0 amide bonds. The zero-order valence-electron chi connectivity index (χ0n) is 15.4. The van der Waals surface area contributed by atoms with Crippen molar-refractivity contribution in [2.45, 2.75) is 52.1 Å². The first-order chi connectivity index (χ1) is 12.6. The quantitative estimate of drug-likeness (QED) is 0.456. The van der Waals surface area contributed by atoms with Crippen molar-refractivity contribution in [3.8, 4) is 5.75 Å². The Morgan fingerprint density at radius 3 is 1.89 bits per heavy atom. The van der Waals surface area contributed by atoms with Crippen LogP contribution in [0.3, 0.4) is 0 Å². The normalized spacial score (nSPS) is 20.8. The van der Waals surface area contributed by atoms with Gasteiger partial charge in [0.25, 0.3) is 0 Å². The molecule has 0 radical (unpaired) electrons. The van der Waals surface area contributed by atoms with Gasteiger partial charge < -0.3 is 24.1 Å². The number of ether oxygens (including phenoxy) is 4. The monoisotopic (exact) mass is 382 g/mol. The summed E-state index contributed by atoms with van der Waals surface area (Å²) in [6, 6.07) is 8.45. The summed E-state index contributed by atoms with van der Waals surface area (Å²) in [6.45, 7) is 5.60. The van der Waals surface area contributed by atoms with Gasteiger partial charge in [-0.15, -0.1) is 0 Å². The zero-order chi connectivity index (χ0) is 20.6. The molecule has 4 atom stereocenters. The molecule has 0 saturated carbocycles. The van der Waals surface area contributed by atoms with Crippen molar-refractivity contribution in [2.24, 2.45) is 0 Å². The molecule has 1 N–H and O–H groups in total. The highest BCUT2D eigenvalue weighted by molar-refractivity contribution is 5.86.